The molecule has 2 nitrogen and oxygen atoms in total. The van der Waals surface area contributed by atoms with E-state index in [9.17, 15) is 0 Å². The van der Waals surface area contributed by atoms with E-state index < -0.39 is 0 Å². The normalized spacial score (nSPS) is 28.2. The molecule has 1 rings (SSSR count). The van der Waals surface area contributed by atoms with E-state index in [4.69, 9.17) is 5.11 Å². The van der Waals surface area contributed by atoms with Crippen molar-refractivity contribution < 1.29 is 5.11 Å². The smallest absolute Gasteiger partial charge is 0.0494 e. The lowest BCUT2D eigenvalue weighted by molar-refractivity contribution is 0.113. The molecule has 13 heavy (non-hydrogen) atoms. The molecular weight excluding hydrogens is 162 g/mol. The maximum atomic E-state index is 9.12. The van der Waals surface area contributed by atoms with Crippen LogP contribution in [-0.4, -0.2) is 36.8 Å². The molecular formula is C11H23NO. The number of nitrogens with zero attached hydrogens (tertiary/aromatic N) is 1. The summed E-state index contributed by atoms with van der Waals surface area (Å²) in [5.41, 5.74) is 0.0485. The van der Waals surface area contributed by atoms with E-state index in [-0.39, 0.29) is 12.0 Å². The van der Waals surface area contributed by atoms with Crippen LogP contribution in [0.15, 0.2) is 0 Å². The number of rotatable bonds is 5. The van der Waals surface area contributed by atoms with Crippen molar-refractivity contribution in [1.82, 2.24) is 4.90 Å². The molecule has 0 bridgehead atoms. The van der Waals surface area contributed by atoms with Gasteiger partial charge in [-0.1, -0.05) is 20.8 Å². The van der Waals surface area contributed by atoms with Gasteiger partial charge in [0.2, 0.25) is 0 Å². The molecule has 78 valence electrons. The van der Waals surface area contributed by atoms with Gasteiger partial charge < -0.3 is 10.0 Å². The minimum Gasteiger partial charge on any atom is -0.396 e. The van der Waals surface area contributed by atoms with E-state index in [1.807, 2.05) is 0 Å². The second-order valence-corrected chi connectivity index (χ2v) is 5.49. The molecule has 0 amide bonds. The van der Waals surface area contributed by atoms with Crippen molar-refractivity contribution in [2.45, 2.75) is 27.2 Å². The Morgan fingerprint density at radius 2 is 2.00 bits per heavy atom. The van der Waals surface area contributed by atoms with Gasteiger partial charge in [0.05, 0.1) is 0 Å². The van der Waals surface area contributed by atoms with Crippen LogP contribution < -0.4 is 0 Å². The zero-order valence-electron chi connectivity index (χ0n) is 9.38. The van der Waals surface area contributed by atoms with Crippen LogP contribution in [0.2, 0.25) is 0 Å². The highest BCUT2D eigenvalue weighted by molar-refractivity contribution is 4.85. The highest BCUT2D eigenvalue weighted by Crippen LogP contribution is 2.38. The molecule has 1 fully saturated rings. The molecule has 1 aliphatic rings. The van der Waals surface area contributed by atoms with Crippen molar-refractivity contribution in [1.29, 1.82) is 0 Å². The van der Waals surface area contributed by atoms with Gasteiger partial charge in [-0.15, -0.1) is 0 Å². The Kier molecular flexibility index (Phi) is 3.36. The molecule has 1 N–H and O–H groups in total. The Morgan fingerprint density at radius 1 is 1.46 bits per heavy atom. The first-order chi connectivity index (χ1) is 5.94. The van der Waals surface area contributed by atoms with Crippen molar-refractivity contribution in [3.63, 3.8) is 0 Å². The third kappa shape index (κ3) is 3.65. The van der Waals surface area contributed by atoms with Crippen LogP contribution in [0.5, 0.6) is 0 Å². The van der Waals surface area contributed by atoms with E-state index in [0.29, 0.717) is 0 Å². The number of aliphatic hydroxyl groups is 1. The molecule has 0 radical (unpaired) electrons. The van der Waals surface area contributed by atoms with Crippen LogP contribution in [-0.2, 0) is 0 Å². The summed E-state index contributed by atoms with van der Waals surface area (Å²) in [4.78, 5) is 2.35. The monoisotopic (exact) mass is 185 g/mol. The van der Waals surface area contributed by atoms with Gasteiger partial charge in [-0.3, -0.25) is 0 Å². The molecule has 0 spiro atoms. The summed E-state index contributed by atoms with van der Waals surface area (Å²) >= 11 is 0. The van der Waals surface area contributed by atoms with Gasteiger partial charge >= 0.3 is 0 Å². The van der Waals surface area contributed by atoms with Crippen LogP contribution in [0.1, 0.15) is 27.2 Å². The molecule has 0 aromatic rings. The summed E-state index contributed by atoms with van der Waals surface area (Å²) < 4.78 is 0. The predicted molar refractivity (Wildman–Crippen MR) is 55.6 cm³/mol. The Morgan fingerprint density at radius 3 is 2.38 bits per heavy atom. The van der Waals surface area contributed by atoms with Crippen LogP contribution in [0, 0.1) is 17.3 Å². The van der Waals surface area contributed by atoms with E-state index in [0.717, 1.165) is 18.4 Å². The summed E-state index contributed by atoms with van der Waals surface area (Å²) in [6, 6.07) is 0. The summed E-state index contributed by atoms with van der Waals surface area (Å²) in [6.45, 7) is 9.00. The van der Waals surface area contributed by atoms with Crippen molar-refractivity contribution >= 4 is 0 Å². The zero-order chi connectivity index (χ0) is 10.1. The highest BCUT2D eigenvalue weighted by atomic mass is 16.3. The first-order valence-corrected chi connectivity index (χ1v) is 5.24. The molecule has 0 aliphatic heterocycles. The largest absolute Gasteiger partial charge is 0.396 e. The zero-order valence-corrected chi connectivity index (χ0v) is 9.38. The number of aliphatic hydroxyl groups excluding tert-OH is 1. The molecule has 0 saturated heterocycles. The Bertz CT molecular complexity index is 167. The van der Waals surface area contributed by atoms with Gasteiger partial charge in [0.15, 0.2) is 0 Å². The quantitative estimate of drug-likeness (QED) is 0.703. The van der Waals surface area contributed by atoms with Gasteiger partial charge in [-0.2, -0.15) is 0 Å². The Hall–Kier alpha value is -0.0800. The lowest BCUT2D eigenvalue weighted by atomic mass is 9.94. The van der Waals surface area contributed by atoms with Crippen LogP contribution >= 0.6 is 0 Å². The minimum atomic E-state index is 0.0485. The molecule has 2 heteroatoms. The number of hydrogen-bond donors (Lipinski definition) is 1. The average molecular weight is 185 g/mol. The average Bonchev–Trinajstić information content (AvgIpc) is 2.65. The number of hydrogen-bond acceptors (Lipinski definition) is 2. The van der Waals surface area contributed by atoms with Crippen LogP contribution in [0.25, 0.3) is 0 Å². The molecule has 2 unspecified atom stereocenters. The van der Waals surface area contributed by atoms with E-state index in [2.05, 4.69) is 32.7 Å². The lowest BCUT2D eigenvalue weighted by Crippen LogP contribution is -2.35. The van der Waals surface area contributed by atoms with Crippen molar-refractivity contribution in [2.75, 3.05) is 26.7 Å². The molecule has 1 saturated carbocycles. The standard InChI is InChI=1S/C11H23NO/c1-9-5-10(9)6-12(4)7-11(2,3)8-13/h9-10,13H,5-8H2,1-4H3. The fourth-order valence-corrected chi connectivity index (χ4v) is 1.90. The fourth-order valence-electron chi connectivity index (χ4n) is 1.90. The van der Waals surface area contributed by atoms with Crippen LogP contribution in [0.3, 0.4) is 0 Å². The topological polar surface area (TPSA) is 23.5 Å². The maximum absolute atomic E-state index is 9.12. The second-order valence-electron chi connectivity index (χ2n) is 5.49. The molecule has 0 aromatic carbocycles. The molecule has 0 heterocycles. The summed E-state index contributed by atoms with van der Waals surface area (Å²) in [5, 5.41) is 9.12. The summed E-state index contributed by atoms with van der Waals surface area (Å²) in [7, 11) is 2.16. The van der Waals surface area contributed by atoms with Gasteiger partial charge in [0.1, 0.15) is 0 Å². The first kappa shape index (κ1) is 11.0. The predicted octanol–water partition coefficient (Wildman–Crippen LogP) is 1.59. The lowest BCUT2D eigenvalue weighted by Gasteiger charge is -2.28. The molecule has 2 atom stereocenters. The first-order valence-electron chi connectivity index (χ1n) is 5.24. The Balaban J connectivity index is 2.20. The summed E-state index contributed by atoms with van der Waals surface area (Å²) in [6.07, 6.45) is 1.39. The second kappa shape index (κ2) is 3.97. The van der Waals surface area contributed by atoms with Crippen LogP contribution in [0.4, 0.5) is 0 Å². The fraction of sp³-hybridized carbons (Fsp3) is 1.00. The highest BCUT2D eigenvalue weighted by Gasteiger charge is 2.33. The Labute approximate surface area is 81.9 Å². The van der Waals surface area contributed by atoms with Crippen molar-refractivity contribution in [3.05, 3.63) is 0 Å². The van der Waals surface area contributed by atoms with Crippen molar-refractivity contribution in [3.8, 4) is 0 Å². The van der Waals surface area contributed by atoms with E-state index in [1.54, 1.807) is 0 Å². The minimum absolute atomic E-state index is 0.0485. The third-order valence-electron chi connectivity index (χ3n) is 2.95. The SMILES string of the molecule is CC1CC1CN(C)CC(C)(C)CO. The van der Waals surface area contributed by atoms with E-state index >= 15 is 0 Å². The van der Waals surface area contributed by atoms with Gasteiger partial charge in [-0.25, -0.2) is 0 Å². The van der Waals surface area contributed by atoms with Gasteiger partial charge in [0.25, 0.3) is 0 Å². The van der Waals surface area contributed by atoms with Gasteiger partial charge in [-0.05, 0) is 25.3 Å². The maximum Gasteiger partial charge on any atom is 0.0494 e. The van der Waals surface area contributed by atoms with Gasteiger partial charge in [0, 0.05) is 25.1 Å². The molecule has 0 aromatic heterocycles. The van der Waals surface area contributed by atoms with E-state index in [1.165, 1.54) is 13.0 Å². The molecule has 1 aliphatic carbocycles. The summed E-state index contributed by atoms with van der Waals surface area (Å²) in [5.74, 6) is 1.85. The van der Waals surface area contributed by atoms with Crippen molar-refractivity contribution in [2.24, 2.45) is 17.3 Å². The third-order valence-corrected chi connectivity index (χ3v) is 2.95.